The van der Waals surface area contributed by atoms with Gasteiger partial charge in [-0.2, -0.15) is 0 Å². The van der Waals surface area contributed by atoms with Gasteiger partial charge in [-0.15, -0.1) is 0 Å². The van der Waals surface area contributed by atoms with E-state index < -0.39 is 0 Å². The van der Waals surface area contributed by atoms with Crippen LogP contribution in [0.5, 0.6) is 0 Å². The summed E-state index contributed by atoms with van der Waals surface area (Å²) in [6, 6.07) is 0. The molecule has 0 aliphatic carbocycles. The number of nitrogens with zero attached hydrogens (tertiary/aromatic N) is 2. The van der Waals surface area contributed by atoms with Gasteiger partial charge in [-0.3, -0.25) is 0 Å². The highest BCUT2D eigenvalue weighted by molar-refractivity contribution is 5.25. The number of imidazole rings is 1. The van der Waals surface area contributed by atoms with Crippen LogP contribution in [0.3, 0.4) is 0 Å². The van der Waals surface area contributed by atoms with E-state index in [1.54, 1.807) is 0 Å². The maximum Gasteiger partial charge on any atom is 0.115 e. The van der Waals surface area contributed by atoms with Crippen LogP contribution < -0.4 is 5.32 Å². The highest BCUT2D eigenvalue weighted by Crippen LogP contribution is 2.31. The van der Waals surface area contributed by atoms with E-state index in [0.717, 1.165) is 19.5 Å². The Hall–Kier alpha value is -0.830. The molecule has 0 saturated carbocycles. The number of aromatic nitrogens is 2. The third kappa shape index (κ3) is 2.25. The summed E-state index contributed by atoms with van der Waals surface area (Å²) in [4.78, 5) is 4.89. The zero-order chi connectivity index (χ0) is 12.8. The molecule has 2 rings (SSSR count). The second kappa shape index (κ2) is 3.84. The Morgan fingerprint density at radius 2 is 1.76 bits per heavy atom. The Morgan fingerprint density at radius 1 is 1.12 bits per heavy atom. The van der Waals surface area contributed by atoms with E-state index in [2.05, 4.69) is 51.4 Å². The first kappa shape index (κ1) is 12.6. The Bertz CT molecular complexity index is 416. The van der Waals surface area contributed by atoms with Crippen molar-refractivity contribution >= 4 is 0 Å². The van der Waals surface area contributed by atoms with E-state index in [1.165, 1.54) is 17.2 Å². The van der Waals surface area contributed by atoms with Crippen LogP contribution in [0.1, 0.15) is 58.8 Å². The molecule has 17 heavy (non-hydrogen) atoms. The smallest absolute Gasteiger partial charge is 0.115 e. The number of fused-ring (bicyclic) bond motifs is 1. The minimum atomic E-state index is 0.102. The number of rotatable bonds is 0. The predicted octanol–water partition coefficient (Wildman–Crippen LogP) is 2.58. The fourth-order valence-electron chi connectivity index (χ4n) is 2.54. The molecule has 0 unspecified atom stereocenters. The molecule has 0 saturated heterocycles. The lowest BCUT2D eigenvalue weighted by molar-refractivity contribution is 0.342. The molecule has 0 radical (unpaired) electrons. The van der Waals surface area contributed by atoms with Crippen molar-refractivity contribution in [2.24, 2.45) is 0 Å². The largest absolute Gasteiger partial charge is 0.326 e. The third-order valence-electron chi connectivity index (χ3n) is 3.23. The first-order chi connectivity index (χ1) is 7.71. The molecule has 96 valence electrons. The lowest BCUT2D eigenvalue weighted by Gasteiger charge is -2.31. The van der Waals surface area contributed by atoms with Gasteiger partial charge < -0.3 is 9.88 Å². The van der Waals surface area contributed by atoms with Gasteiger partial charge in [0, 0.05) is 36.2 Å². The molecule has 0 bridgehead atoms. The number of hydrogen-bond acceptors (Lipinski definition) is 2. The maximum absolute atomic E-state index is 4.89. The topological polar surface area (TPSA) is 29.9 Å². The molecule has 2 heterocycles. The molecule has 0 atom stereocenters. The molecular formula is C14H25N3. The van der Waals surface area contributed by atoms with Crippen LogP contribution in [0.2, 0.25) is 0 Å². The average molecular weight is 235 g/mol. The Balaban J connectivity index is 2.64. The second-order valence-electron chi connectivity index (χ2n) is 7.01. The summed E-state index contributed by atoms with van der Waals surface area (Å²) in [5.41, 5.74) is 2.89. The van der Waals surface area contributed by atoms with E-state index in [1.807, 2.05) is 0 Å². The van der Waals surface area contributed by atoms with Gasteiger partial charge in [-0.05, 0) is 20.8 Å². The summed E-state index contributed by atoms with van der Waals surface area (Å²) < 4.78 is 2.46. The molecule has 1 aliphatic heterocycles. The molecule has 1 aromatic rings. The number of nitrogens with one attached hydrogen (secondary N) is 1. The van der Waals surface area contributed by atoms with Crippen LogP contribution in [0.25, 0.3) is 0 Å². The second-order valence-corrected chi connectivity index (χ2v) is 7.01. The fourth-order valence-corrected chi connectivity index (χ4v) is 2.54. The van der Waals surface area contributed by atoms with Crippen molar-refractivity contribution in [3.63, 3.8) is 0 Å². The summed E-state index contributed by atoms with van der Waals surface area (Å²) in [6.45, 7) is 15.5. The lowest BCUT2D eigenvalue weighted by Crippen LogP contribution is -2.33. The molecule has 3 heteroatoms. The highest BCUT2D eigenvalue weighted by atomic mass is 15.2. The fraction of sp³-hybridized carbons (Fsp3) is 0.786. The van der Waals surface area contributed by atoms with E-state index >= 15 is 0 Å². The van der Waals surface area contributed by atoms with E-state index in [9.17, 15) is 0 Å². The van der Waals surface area contributed by atoms with Crippen LogP contribution in [0, 0.1) is 0 Å². The van der Waals surface area contributed by atoms with Crippen LogP contribution in [0.4, 0.5) is 0 Å². The third-order valence-corrected chi connectivity index (χ3v) is 3.23. The Morgan fingerprint density at radius 3 is 2.29 bits per heavy atom. The van der Waals surface area contributed by atoms with Crippen molar-refractivity contribution in [3.05, 3.63) is 17.2 Å². The van der Waals surface area contributed by atoms with Gasteiger partial charge in [0.15, 0.2) is 0 Å². The standard InChI is InChI=1S/C14H25N3/c1-13(2,3)12-16-10-9-15-8-7-11(10)17(12)14(4,5)6/h15H,7-9H2,1-6H3. The SMILES string of the molecule is CC(C)(C)c1nc2c(n1C(C)(C)C)CCNC2. The van der Waals surface area contributed by atoms with Crippen LogP contribution in [-0.2, 0) is 23.9 Å². The molecule has 0 aromatic carbocycles. The minimum Gasteiger partial charge on any atom is -0.326 e. The molecule has 1 N–H and O–H groups in total. The van der Waals surface area contributed by atoms with E-state index in [4.69, 9.17) is 4.98 Å². The Kier molecular flexibility index (Phi) is 2.85. The number of hydrogen-bond donors (Lipinski definition) is 1. The van der Waals surface area contributed by atoms with Crippen molar-refractivity contribution < 1.29 is 0 Å². The van der Waals surface area contributed by atoms with Gasteiger partial charge in [0.25, 0.3) is 0 Å². The summed E-state index contributed by atoms with van der Waals surface area (Å²) in [6.07, 6.45) is 1.09. The van der Waals surface area contributed by atoms with Crippen LogP contribution in [-0.4, -0.2) is 16.1 Å². The average Bonchev–Trinajstić information content (AvgIpc) is 2.54. The van der Waals surface area contributed by atoms with Gasteiger partial charge in [0.2, 0.25) is 0 Å². The maximum atomic E-state index is 4.89. The molecule has 0 amide bonds. The molecule has 1 aliphatic rings. The van der Waals surface area contributed by atoms with Crippen molar-refractivity contribution in [2.45, 2.75) is 65.5 Å². The van der Waals surface area contributed by atoms with Gasteiger partial charge >= 0.3 is 0 Å². The van der Waals surface area contributed by atoms with Crippen molar-refractivity contribution in [3.8, 4) is 0 Å². The monoisotopic (exact) mass is 235 g/mol. The van der Waals surface area contributed by atoms with E-state index in [-0.39, 0.29) is 11.0 Å². The summed E-state index contributed by atoms with van der Waals surface area (Å²) in [5.74, 6) is 1.22. The first-order valence-corrected chi connectivity index (χ1v) is 6.53. The first-order valence-electron chi connectivity index (χ1n) is 6.53. The summed E-state index contributed by atoms with van der Waals surface area (Å²) in [5, 5.41) is 3.41. The summed E-state index contributed by atoms with van der Waals surface area (Å²) in [7, 11) is 0. The Labute approximate surface area is 105 Å². The molecule has 0 fully saturated rings. The van der Waals surface area contributed by atoms with Gasteiger partial charge in [-0.1, -0.05) is 20.8 Å². The molecule has 1 aromatic heterocycles. The van der Waals surface area contributed by atoms with Gasteiger partial charge in [0.1, 0.15) is 5.82 Å². The van der Waals surface area contributed by atoms with E-state index in [0.29, 0.717) is 0 Å². The lowest BCUT2D eigenvalue weighted by atomic mass is 9.94. The quantitative estimate of drug-likeness (QED) is 0.749. The van der Waals surface area contributed by atoms with Gasteiger partial charge in [0.05, 0.1) is 5.69 Å². The molecular weight excluding hydrogens is 210 g/mol. The van der Waals surface area contributed by atoms with Crippen LogP contribution in [0.15, 0.2) is 0 Å². The van der Waals surface area contributed by atoms with Crippen LogP contribution >= 0.6 is 0 Å². The van der Waals surface area contributed by atoms with Crippen molar-refractivity contribution in [1.29, 1.82) is 0 Å². The zero-order valence-corrected chi connectivity index (χ0v) is 12.0. The predicted molar refractivity (Wildman–Crippen MR) is 71.3 cm³/mol. The highest BCUT2D eigenvalue weighted by Gasteiger charge is 2.31. The van der Waals surface area contributed by atoms with Gasteiger partial charge in [-0.25, -0.2) is 4.98 Å². The van der Waals surface area contributed by atoms with Crippen molar-refractivity contribution in [1.82, 2.24) is 14.9 Å². The minimum absolute atomic E-state index is 0.102. The molecule has 3 nitrogen and oxygen atoms in total. The van der Waals surface area contributed by atoms with Crippen molar-refractivity contribution in [2.75, 3.05) is 6.54 Å². The normalized spacial score (nSPS) is 17.1. The molecule has 0 spiro atoms. The summed E-state index contributed by atoms with van der Waals surface area (Å²) >= 11 is 0. The zero-order valence-electron chi connectivity index (χ0n) is 12.0.